The molecule has 0 amide bonds. The number of fused-ring (bicyclic) bond motifs is 1. The second-order valence-electron chi connectivity index (χ2n) is 7.00. The van der Waals surface area contributed by atoms with E-state index in [0.717, 1.165) is 12.0 Å². The van der Waals surface area contributed by atoms with Crippen LogP contribution in [0.3, 0.4) is 0 Å². The lowest BCUT2D eigenvalue weighted by molar-refractivity contribution is 0.00283. The molecule has 19 heavy (non-hydrogen) atoms. The van der Waals surface area contributed by atoms with Gasteiger partial charge in [0.2, 0.25) is 0 Å². The largest absolute Gasteiger partial charge is 0.303 e. The fourth-order valence-electron chi connectivity index (χ4n) is 5.24. The van der Waals surface area contributed by atoms with E-state index in [1.165, 1.54) is 50.6 Å². The number of likely N-dealkylation sites (N-methyl/N-ethyl adjacent to an activating group) is 1. The summed E-state index contributed by atoms with van der Waals surface area (Å²) in [7, 11) is 2.33. The topological polar surface area (TPSA) is 3.24 Å². The highest BCUT2D eigenvalue weighted by molar-refractivity contribution is 5.43. The van der Waals surface area contributed by atoms with Gasteiger partial charge in [-0.2, -0.15) is 0 Å². The Morgan fingerprint density at radius 3 is 3.16 bits per heavy atom. The zero-order chi connectivity index (χ0) is 13.7. The van der Waals surface area contributed by atoms with Gasteiger partial charge in [0, 0.05) is 12.8 Å². The van der Waals surface area contributed by atoms with E-state index >= 15 is 0 Å². The molecule has 4 rings (SSSR count). The van der Waals surface area contributed by atoms with Gasteiger partial charge >= 0.3 is 0 Å². The Hall–Kier alpha value is -0.820. The Labute approximate surface area is 118 Å². The fourth-order valence-corrected chi connectivity index (χ4v) is 5.24. The van der Waals surface area contributed by atoms with Crippen LogP contribution in [0.15, 0.2) is 18.2 Å². The number of likely N-dealkylation sites (tertiary alicyclic amines) is 1. The van der Waals surface area contributed by atoms with Crippen LogP contribution in [-0.4, -0.2) is 24.5 Å². The molecule has 1 aliphatic heterocycles. The van der Waals surface area contributed by atoms with Crippen LogP contribution >= 0.6 is 0 Å². The molecule has 2 aliphatic carbocycles. The summed E-state index contributed by atoms with van der Waals surface area (Å²) in [5.74, 6) is 0.864. The first-order valence-corrected chi connectivity index (χ1v) is 7.86. The third-order valence-corrected chi connectivity index (χ3v) is 6.18. The van der Waals surface area contributed by atoms with Crippen molar-refractivity contribution in [1.29, 1.82) is 0 Å². The lowest BCUT2D eigenvalue weighted by Crippen LogP contribution is -2.59. The van der Waals surface area contributed by atoms with Crippen molar-refractivity contribution in [2.45, 2.75) is 56.9 Å². The highest BCUT2D eigenvalue weighted by atomic mass is 15.1. The molecule has 102 valence electrons. The van der Waals surface area contributed by atoms with E-state index in [9.17, 15) is 0 Å². The van der Waals surface area contributed by atoms with Crippen LogP contribution in [0.1, 0.15) is 50.2 Å². The summed E-state index contributed by atoms with van der Waals surface area (Å²) in [4.78, 5) is 2.62. The first-order valence-electron chi connectivity index (χ1n) is 8.57. The SMILES string of the molecule is [2H]Cc1ccc2c(c1)[C@@]13CCCC[C@@H]1[C@@H](C2)N(C)CC3. The van der Waals surface area contributed by atoms with E-state index in [0.29, 0.717) is 12.3 Å². The zero-order valence-corrected chi connectivity index (χ0v) is 12.0. The van der Waals surface area contributed by atoms with E-state index in [1.807, 2.05) is 0 Å². The van der Waals surface area contributed by atoms with Crippen LogP contribution in [-0.2, 0) is 11.8 Å². The van der Waals surface area contributed by atoms with Crippen LogP contribution in [0.25, 0.3) is 0 Å². The molecule has 3 atom stereocenters. The predicted molar refractivity (Wildman–Crippen MR) is 79.6 cm³/mol. The average molecular weight is 256 g/mol. The molecule has 1 heteroatoms. The number of aryl methyl sites for hydroxylation is 1. The smallest absolute Gasteiger partial charge is 0.0280 e. The summed E-state index contributed by atoms with van der Waals surface area (Å²) >= 11 is 0. The third-order valence-electron chi connectivity index (χ3n) is 6.18. The quantitative estimate of drug-likeness (QED) is 0.684. The molecule has 1 aromatic carbocycles. The monoisotopic (exact) mass is 256 g/mol. The minimum Gasteiger partial charge on any atom is -0.303 e. The van der Waals surface area contributed by atoms with Crippen LogP contribution < -0.4 is 0 Å². The Bertz CT molecular complexity index is 526. The molecule has 0 radical (unpaired) electrons. The van der Waals surface area contributed by atoms with Gasteiger partial charge < -0.3 is 4.90 Å². The summed E-state index contributed by atoms with van der Waals surface area (Å²) in [5, 5.41) is 0. The molecule has 1 saturated heterocycles. The molecule has 0 aromatic heterocycles. The lowest BCUT2D eigenvalue weighted by atomic mass is 9.52. The summed E-state index contributed by atoms with van der Waals surface area (Å²) in [5.41, 5.74) is 4.88. The van der Waals surface area contributed by atoms with Crippen molar-refractivity contribution < 1.29 is 1.37 Å². The van der Waals surface area contributed by atoms with E-state index < -0.39 is 0 Å². The number of rotatable bonds is 0. The number of hydrogen-bond donors (Lipinski definition) is 0. The molecule has 2 bridgehead atoms. The Balaban J connectivity index is 1.88. The van der Waals surface area contributed by atoms with Gasteiger partial charge in [-0.1, -0.05) is 36.6 Å². The van der Waals surface area contributed by atoms with Gasteiger partial charge in [-0.05, 0) is 63.2 Å². The van der Waals surface area contributed by atoms with Gasteiger partial charge in [0.05, 0.1) is 0 Å². The van der Waals surface area contributed by atoms with Gasteiger partial charge in [-0.25, -0.2) is 0 Å². The number of nitrogens with zero attached hydrogens (tertiary/aromatic N) is 1. The second-order valence-corrected chi connectivity index (χ2v) is 7.00. The number of piperidine rings is 1. The van der Waals surface area contributed by atoms with Gasteiger partial charge in [-0.3, -0.25) is 0 Å². The van der Waals surface area contributed by atoms with Gasteiger partial charge in [0.15, 0.2) is 0 Å². The van der Waals surface area contributed by atoms with E-state index in [-0.39, 0.29) is 0 Å². The molecule has 1 aromatic rings. The number of hydrogen-bond acceptors (Lipinski definition) is 1. The minimum atomic E-state index is 0.428. The van der Waals surface area contributed by atoms with Gasteiger partial charge in [0.1, 0.15) is 0 Å². The van der Waals surface area contributed by atoms with E-state index in [2.05, 4.69) is 30.1 Å². The molecule has 1 saturated carbocycles. The fraction of sp³-hybridized carbons (Fsp3) is 0.667. The van der Waals surface area contributed by atoms with Crippen molar-refractivity contribution in [2.24, 2.45) is 5.92 Å². The molecule has 1 nitrogen and oxygen atoms in total. The summed E-state index contributed by atoms with van der Waals surface area (Å²) in [6, 6.07) is 7.67. The van der Waals surface area contributed by atoms with Crippen LogP contribution in [0.2, 0.25) is 0 Å². The molecular formula is C18H25N. The van der Waals surface area contributed by atoms with E-state index in [4.69, 9.17) is 1.37 Å². The van der Waals surface area contributed by atoms with Crippen LogP contribution in [0.4, 0.5) is 0 Å². The third kappa shape index (κ3) is 1.57. The minimum absolute atomic E-state index is 0.428. The van der Waals surface area contributed by atoms with Crippen molar-refractivity contribution in [2.75, 3.05) is 13.6 Å². The maximum atomic E-state index is 7.69. The second kappa shape index (κ2) is 4.09. The summed E-state index contributed by atoms with van der Waals surface area (Å²) < 4.78 is 7.69. The van der Waals surface area contributed by atoms with Crippen molar-refractivity contribution in [3.05, 3.63) is 34.9 Å². The molecule has 0 spiro atoms. The average Bonchev–Trinajstić information content (AvgIpc) is 2.50. The number of benzene rings is 1. The Morgan fingerprint density at radius 1 is 1.32 bits per heavy atom. The summed E-state index contributed by atoms with van der Waals surface area (Å²) in [6.07, 6.45) is 8.19. The Kier molecular flexibility index (Phi) is 2.35. The van der Waals surface area contributed by atoms with Crippen molar-refractivity contribution >= 4 is 0 Å². The molecule has 1 heterocycles. The first kappa shape index (κ1) is 10.9. The van der Waals surface area contributed by atoms with E-state index in [1.54, 1.807) is 11.1 Å². The highest BCUT2D eigenvalue weighted by Crippen LogP contribution is 2.55. The lowest BCUT2D eigenvalue weighted by Gasteiger charge is -2.58. The summed E-state index contributed by atoms with van der Waals surface area (Å²) in [6.45, 7) is 1.68. The van der Waals surface area contributed by atoms with Crippen molar-refractivity contribution in [1.82, 2.24) is 4.90 Å². The molecule has 2 fully saturated rings. The van der Waals surface area contributed by atoms with Crippen molar-refractivity contribution in [3.63, 3.8) is 0 Å². The predicted octanol–water partition coefficient (Wildman–Crippen LogP) is 3.68. The maximum absolute atomic E-state index is 7.69. The Morgan fingerprint density at radius 2 is 2.26 bits per heavy atom. The van der Waals surface area contributed by atoms with Crippen molar-refractivity contribution in [3.8, 4) is 0 Å². The zero-order valence-electron chi connectivity index (χ0n) is 13.0. The molecule has 3 aliphatic rings. The molecule has 0 unspecified atom stereocenters. The molecule has 0 N–H and O–H groups in total. The van der Waals surface area contributed by atoms with Crippen LogP contribution in [0, 0.1) is 12.8 Å². The standard InChI is InChI=1S/C18H25N/c1-13-6-7-14-12-17-15-5-3-4-8-18(15,16(14)11-13)9-10-19(17)2/h6-7,11,15,17H,3-5,8-10,12H2,1-2H3/t15-,17-,18-/m1/s1/i1D. The highest BCUT2D eigenvalue weighted by Gasteiger charge is 2.52. The maximum Gasteiger partial charge on any atom is 0.0280 e. The van der Waals surface area contributed by atoms with Crippen LogP contribution in [0.5, 0.6) is 0 Å². The normalized spacial score (nSPS) is 38.3. The van der Waals surface area contributed by atoms with Gasteiger partial charge in [-0.15, -0.1) is 0 Å². The van der Waals surface area contributed by atoms with Gasteiger partial charge in [0.25, 0.3) is 0 Å². The first-order chi connectivity index (χ1) is 9.74. The molecular weight excluding hydrogens is 230 g/mol.